The Morgan fingerprint density at radius 1 is 1.28 bits per heavy atom. The molecule has 0 bridgehead atoms. The van der Waals surface area contributed by atoms with Crippen LogP contribution < -0.4 is 0 Å². The number of hydrogen-bond donors (Lipinski definition) is 1. The second-order valence-corrected chi connectivity index (χ2v) is 4.61. The minimum absolute atomic E-state index is 0.239. The molecule has 0 unspecified atom stereocenters. The molecule has 18 heavy (non-hydrogen) atoms. The number of aromatic nitrogens is 2. The molecule has 0 aliphatic rings. The first-order chi connectivity index (χ1) is 8.50. The zero-order valence-corrected chi connectivity index (χ0v) is 10.7. The fraction of sp³-hybridized carbons (Fsp3) is 0.286. The third-order valence-electron chi connectivity index (χ3n) is 3.04. The molecule has 0 aliphatic carbocycles. The second-order valence-electron chi connectivity index (χ2n) is 4.61. The Balaban J connectivity index is 2.40. The molecule has 1 heterocycles. The van der Waals surface area contributed by atoms with Gasteiger partial charge in [0.1, 0.15) is 5.56 Å². The van der Waals surface area contributed by atoms with E-state index in [2.05, 4.69) is 18.9 Å². The zero-order valence-electron chi connectivity index (χ0n) is 10.7. The first-order valence-electron chi connectivity index (χ1n) is 5.89. The topological polar surface area (TPSA) is 55.1 Å². The highest BCUT2D eigenvalue weighted by Gasteiger charge is 2.13. The van der Waals surface area contributed by atoms with Crippen molar-refractivity contribution in [2.75, 3.05) is 0 Å². The quantitative estimate of drug-likeness (QED) is 0.903. The van der Waals surface area contributed by atoms with E-state index in [1.54, 1.807) is 11.6 Å². The van der Waals surface area contributed by atoms with E-state index in [4.69, 9.17) is 5.11 Å². The summed E-state index contributed by atoms with van der Waals surface area (Å²) in [5, 5.41) is 13.1. The molecule has 0 saturated carbocycles. The summed E-state index contributed by atoms with van der Waals surface area (Å²) in [5.41, 5.74) is 3.01. The van der Waals surface area contributed by atoms with Gasteiger partial charge in [0.05, 0.1) is 17.6 Å². The smallest absolute Gasteiger partial charge is 0.339 e. The van der Waals surface area contributed by atoms with Gasteiger partial charge in [-0.25, -0.2) is 9.48 Å². The number of rotatable bonds is 3. The number of carboxylic acid groups (broad SMARTS) is 1. The number of benzene rings is 1. The Kier molecular flexibility index (Phi) is 3.19. The average molecular weight is 244 g/mol. The van der Waals surface area contributed by atoms with Gasteiger partial charge in [0.25, 0.3) is 0 Å². The highest BCUT2D eigenvalue weighted by molar-refractivity contribution is 5.88. The molecule has 4 heteroatoms. The van der Waals surface area contributed by atoms with Crippen LogP contribution in [0, 0.1) is 6.92 Å². The molecule has 0 fully saturated rings. The molecule has 0 radical (unpaired) electrons. The summed E-state index contributed by atoms with van der Waals surface area (Å²) < 4.78 is 1.65. The molecule has 4 nitrogen and oxygen atoms in total. The van der Waals surface area contributed by atoms with Crippen LogP contribution in [0.5, 0.6) is 0 Å². The number of nitrogens with zero attached hydrogens (tertiary/aromatic N) is 2. The molecule has 1 aromatic heterocycles. The highest BCUT2D eigenvalue weighted by Crippen LogP contribution is 2.18. The molecule has 0 saturated heterocycles. The van der Waals surface area contributed by atoms with E-state index in [-0.39, 0.29) is 5.56 Å². The lowest BCUT2D eigenvalue weighted by atomic mass is 10.0. The van der Waals surface area contributed by atoms with Crippen LogP contribution in [0.15, 0.2) is 30.5 Å². The van der Waals surface area contributed by atoms with Crippen molar-refractivity contribution < 1.29 is 9.90 Å². The summed E-state index contributed by atoms with van der Waals surface area (Å²) >= 11 is 0. The minimum Gasteiger partial charge on any atom is -0.478 e. The van der Waals surface area contributed by atoms with Crippen LogP contribution >= 0.6 is 0 Å². The molecular formula is C14H16N2O2. The highest BCUT2D eigenvalue weighted by atomic mass is 16.4. The van der Waals surface area contributed by atoms with Gasteiger partial charge in [0, 0.05) is 0 Å². The van der Waals surface area contributed by atoms with Crippen LogP contribution in [-0.4, -0.2) is 20.9 Å². The van der Waals surface area contributed by atoms with Gasteiger partial charge in [0.15, 0.2) is 0 Å². The van der Waals surface area contributed by atoms with E-state index in [1.807, 2.05) is 24.3 Å². The third kappa shape index (κ3) is 2.14. The van der Waals surface area contributed by atoms with Crippen molar-refractivity contribution >= 4 is 5.97 Å². The Hall–Kier alpha value is -2.10. The Bertz CT molecular complexity index is 568. The molecule has 94 valence electrons. The molecule has 0 amide bonds. The Morgan fingerprint density at radius 3 is 2.33 bits per heavy atom. The molecule has 0 aliphatic heterocycles. The lowest BCUT2D eigenvalue weighted by molar-refractivity contribution is 0.0696. The van der Waals surface area contributed by atoms with Gasteiger partial charge in [0.2, 0.25) is 0 Å². The SMILES string of the molecule is Cc1c(C(=O)O)cnn1-c1ccc(C(C)C)cc1. The van der Waals surface area contributed by atoms with Gasteiger partial charge in [-0.1, -0.05) is 26.0 Å². The summed E-state index contributed by atoms with van der Waals surface area (Å²) in [6, 6.07) is 8.01. The largest absolute Gasteiger partial charge is 0.478 e. The monoisotopic (exact) mass is 244 g/mol. The summed E-state index contributed by atoms with van der Waals surface area (Å²) in [6.07, 6.45) is 1.38. The summed E-state index contributed by atoms with van der Waals surface area (Å²) in [7, 11) is 0. The van der Waals surface area contributed by atoms with Crippen molar-refractivity contribution in [1.29, 1.82) is 0 Å². The van der Waals surface area contributed by atoms with Crippen molar-refractivity contribution in [2.24, 2.45) is 0 Å². The molecule has 0 spiro atoms. The van der Waals surface area contributed by atoms with Crippen LogP contribution in [0.25, 0.3) is 5.69 Å². The van der Waals surface area contributed by atoms with Crippen LogP contribution in [0.1, 0.15) is 41.4 Å². The predicted octanol–water partition coefficient (Wildman–Crippen LogP) is 3.00. The average Bonchev–Trinajstić information content (AvgIpc) is 2.71. The maximum Gasteiger partial charge on any atom is 0.339 e. The predicted molar refractivity (Wildman–Crippen MR) is 69.3 cm³/mol. The Morgan fingerprint density at radius 2 is 1.89 bits per heavy atom. The van der Waals surface area contributed by atoms with Gasteiger partial charge in [-0.05, 0) is 30.5 Å². The fourth-order valence-electron chi connectivity index (χ4n) is 1.88. The second kappa shape index (κ2) is 4.64. The van der Waals surface area contributed by atoms with E-state index in [9.17, 15) is 4.79 Å². The summed E-state index contributed by atoms with van der Waals surface area (Å²) in [4.78, 5) is 11.0. The summed E-state index contributed by atoms with van der Waals surface area (Å²) in [6.45, 7) is 6.03. The van der Waals surface area contributed by atoms with E-state index < -0.39 is 5.97 Å². The number of aromatic carboxylic acids is 1. The number of hydrogen-bond acceptors (Lipinski definition) is 2. The van der Waals surface area contributed by atoms with Crippen LogP contribution in [0.3, 0.4) is 0 Å². The number of carboxylic acids is 1. The van der Waals surface area contributed by atoms with Crippen LogP contribution in [-0.2, 0) is 0 Å². The van der Waals surface area contributed by atoms with Gasteiger partial charge in [-0.3, -0.25) is 0 Å². The van der Waals surface area contributed by atoms with Crippen LogP contribution in [0.2, 0.25) is 0 Å². The van der Waals surface area contributed by atoms with Crippen LogP contribution in [0.4, 0.5) is 0 Å². The lowest BCUT2D eigenvalue weighted by Gasteiger charge is -2.08. The van der Waals surface area contributed by atoms with Crippen molar-refractivity contribution in [1.82, 2.24) is 9.78 Å². The van der Waals surface area contributed by atoms with Crippen molar-refractivity contribution in [2.45, 2.75) is 26.7 Å². The van der Waals surface area contributed by atoms with E-state index in [0.717, 1.165) is 5.69 Å². The Labute approximate surface area is 106 Å². The first-order valence-corrected chi connectivity index (χ1v) is 5.89. The van der Waals surface area contributed by atoms with Gasteiger partial charge < -0.3 is 5.11 Å². The molecule has 2 aromatic rings. The van der Waals surface area contributed by atoms with E-state index in [0.29, 0.717) is 11.6 Å². The maximum absolute atomic E-state index is 11.0. The fourth-order valence-corrected chi connectivity index (χ4v) is 1.88. The summed E-state index contributed by atoms with van der Waals surface area (Å²) in [5.74, 6) is -0.468. The van der Waals surface area contributed by atoms with Gasteiger partial charge in [-0.2, -0.15) is 5.10 Å². The van der Waals surface area contributed by atoms with Crippen molar-refractivity contribution in [3.63, 3.8) is 0 Å². The molecular weight excluding hydrogens is 228 g/mol. The third-order valence-corrected chi connectivity index (χ3v) is 3.04. The van der Waals surface area contributed by atoms with Gasteiger partial charge >= 0.3 is 5.97 Å². The standard InChI is InChI=1S/C14H16N2O2/c1-9(2)11-4-6-12(7-5-11)16-10(3)13(8-15-16)14(17)18/h4-9H,1-3H3,(H,17,18). The van der Waals surface area contributed by atoms with Gasteiger partial charge in [-0.15, -0.1) is 0 Å². The number of carbonyl (C=O) groups is 1. The molecule has 0 atom stereocenters. The first kappa shape index (κ1) is 12.4. The zero-order chi connectivity index (χ0) is 13.3. The van der Waals surface area contributed by atoms with E-state index >= 15 is 0 Å². The minimum atomic E-state index is -0.947. The van der Waals surface area contributed by atoms with Crippen molar-refractivity contribution in [3.05, 3.63) is 47.3 Å². The van der Waals surface area contributed by atoms with E-state index in [1.165, 1.54) is 11.8 Å². The molecule has 1 N–H and O–H groups in total. The van der Waals surface area contributed by atoms with Crippen molar-refractivity contribution in [3.8, 4) is 5.69 Å². The normalized spacial score (nSPS) is 10.9. The maximum atomic E-state index is 11.0. The molecule has 2 rings (SSSR count). The lowest BCUT2D eigenvalue weighted by Crippen LogP contribution is -2.02. The molecule has 1 aromatic carbocycles.